The molecule has 0 saturated carbocycles. The highest BCUT2D eigenvalue weighted by Crippen LogP contribution is 2.35. The Hall–Kier alpha value is -4.27. The first-order valence-corrected chi connectivity index (χ1v) is 15.4. The fraction of sp³-hybridized carbons (Fsp3) is 0.0909. The smallest absolute Gasteiger partial charge is 0.279 e. The number of aromatic amines is 1. The van der Waals surface area contributed by atoms with Gasteiger partial charge in [-0.3, -0.25) is 4.79 Å². The summed E-state index contributed by atoms with van der Waals surface area (Å²) in [7, 11) is -4.01. The van der Waals surface area contributed by atoms with Crippen LogP contribution in [-0.4, -0.2) is 29.6 Å². The maximum Gasteiger partial charge on any atom is 0.279 e. The van der Waals surface area contributed by atoms with Crippen molar-refractivity contribution < 1.29 is 8.42 Å². The Kier molecular flexibility index (Phi) is 7.19. The van der Waals surface area contributed by atoms with Crippen LogP contribution in [-0.2, 0) is 10.0 Å². The first-order valence-electron chi connectivity index (χ1n) is 13.1. The minimum Gasteiger partial charge on any atom is -0.321 e. The number of hydrogen-bond donors (Lipinski definition) is 1. The average molecular weight is 625 g/mol. The van der Waals surface area contributed by atoms with E-state index in [-0.39, 0.29) is 16.9 Å². The van der Waals surface area contributed by atoms with Crippen LogP contribution in [0.1, 0.15) is 23.1 Å². The molecule has 4 aromatic carbocycles. The molecular formula is C33H26BrN3O3S. The lowest BCUT2D eigenvalue weighted by molar-refractivity contribution is 0.410. The highest BCUT2D eigenvalue weighted by molar-refractivity contribution is 9.10. The maximum atomic E-state index is 13.9. The van der Waals surface area contributed by atoms with E-state index in [1.165, 1.54) is 0 Å². The van der Waals surface area contributed by atoms with Crippen molar-refractivity contribution in [2.45, 2.75) is 24.3 Å². The number of nitrogens with one attached hydrogen (secondary N) is 1. The van der Waals surface area contributed by atoms with E-state index in [1.807, 2.05) is 97.9 Å². The molecule has 0 fully saturated rings. The van der Waals surface area contributed by atoms with Gasteiger partial charge in [0.1, 0.15) is 0 Å². The van der Waals surface area contributed by atoms with E-state index in [9.17, 15) is 13.2 Å². The van der Waals surface area contributed by atoms with Crippen molar-refractivity contribution in [2.75, 3.05) is 0 Å². The van der Waals surface area contributed by atoms with Crippen LogP contribution in [0, 0.1) is 6.92 Å². The van der Waals surface area contributed by atoms with E-state index in [4.69, 9.17) is 0 Å². The Morgan fingerprint density at radius 3 is 2.29 bits per heavy atom. The van der Waals surface area contributed by atoms with Crippen molar-refractivity contribution in [3.05, 3.63) is 141 Å². The molecule has 1 aliphatic heterocycles. The Balaban J connectivity index is 1.55. The SMILES string of the molecule is Cc1ccc(S(=O)(=O)N2N=C(c3c(-c4ccccc4)c4cc(Br)ccc4[nH]c3=O)C[C@@H]2/C=C/c2ccccc2)cc1. The summed E-state index contributed by atoms with van der Waals surface area (Å²) in [5.74, 6) is 0. The van der Waals surface area contributed by atoms with Gasteiger partial charge in [-0.1, -0.05) is 106 Å². The number of aryl methyl sites for hydroxylation is 1. The van der Waals surface area contributed by atoms with Gasteiger partial charge in [-0.25, -0.2) is 0 Å². The summed E-state index contributed by atoms with van der Waals surface area (Å²) in [6.07, 6.45) is 3.96. The van der Waals surface area contributed by atoms with Crippen LogP contribution in [0.4, 0.5) is 0 Å². The lowest BCUT2D eigenvalue weighted by Crippen LogP contribution is -2.31. The van der Waals surface area contributed by atoms with E-state index in [2.05, 4.69) is 26.0 Å². The molecule has 1 aliphatic rings. The van der Waals surface area contributed by atoms with Gasteiger partial charge in [0, 0.05) is 27.4 Å². The summed E-state index contributed by atoms with van der Waals surface area (Å²) in [6.45, 7) is 1.91. The van der Waals surface area contributed by atoms with Crippen LogP contribution in [0.2, 0.25) is 0 Å². The van der Waals surface area contributed by atoms with Gasteiger partial charge in [-0.15, -0.1) is 0 Å². The summed E-state index contributed by atoms with van der Waals surface area (Å²) < 4.78 is 29.9. The van der Waals surface area contributed by atoms with Gasteiger partial charge in [0.2, 0.25) is 0 Å². The van der Waals surface area contributed by atoms with Crippen LogP contribution >= 0.6 is 15.9 Å². The summed E-state index contributed by atoms with van der Waals surface area (Å²) in [6, 6.07) is 31.1. The molecule has 5 aromatic rings. The molecule has 0 radical (unpaired) electrons. The molecule has 6 nitrogen and oxygen atoms in total. The molecule has 0 amide bonds. The number of halogens is 1. The number of hydrogen-bond acceptors (Lipinski definition) is 4. The van der Waals surface area contributed by atoms with Crippen molar-refractivity contribution in [3.63, 3.8) is 0 Å². The van der Waals surface area contributed by atoms with Crippen molar-refractivity contribution >= 4 is 48.6 Å². The number of fused-ring (bicyclic) bond motifs is 1. The highest BCUT2D eigenvalue weighted by Gasteiger charge is 2.37. The topological polar surface area (TPSA) is 82.6 Å². The molecule has 2 heterocycles. The second kappa shape index (κ2) is 11.0. The van der Waals surface area contributed by atoms with Crippen LogP contribution < -0.4 is 5.56 Å². The lowest BCUT2D eigenvalue weighted by atomic mass is 9.92. The molecule has 8 heteroatoms. The molecule has 1 N–H and O–H groups in total. The van der Waals surface area contributed by atoms with E-state index in [1.54, 1.807) is 24.3 Å². The third-order valence-corrected chi connectivity index (χ3v) is 9.31. The summed E-state index contributed by atoms with van der Waals surface area (Å²) >= 11 is 3.57. The van der Waals surface area contributed by atoms with Crippen LogP contribution in [0.15, 0.2) is 128 Å². The zero-order chi connectivity index (χ0) is 28.6. The third-order valence-electron chi connectivity index (χ3n) is 7.11. The van der Waals surface area contributed by atoms with Crippen molar-refractivity contribution in [1.29, 1.82) is 0 Å². The molecule has 0 unspecified atom stereocenters. The monoisotopic (exact) mass is 623 g/mol. The Morgan fingerprint density at radius 1 is 0.902 bits per heavy atom. The highest BCUT2D eigenvalue weighted by atomic mass is 79.9. The van der Waals surface area contributed by atoms with Gasteiger partial charge in [0.05, 0.1) is 22.2 Å². The minimum absolute atomic E-state index is 0.144. The average Bonchev–Trinajstić information content (AvgIpc) is 3.41. The van der Waals surface area contributed by atoms with Crippen molar-refractivity contribution in [1.82, 2.24) is 9.40 Å². The Bertz CT molecular complexity index is 1970. The lowest BCUT2D eigenvalue weighted by Gasteiger charge is -2.20. The molecule has 0 bridgehead atoms. The molecule has 0 aliphatic carbocycles. The normalized spacial score (nSPS) is 15.5. The fourth-order valence-electron chi connectivity index (χ4n) is 5.09. The summed E-state index contributed by atoms with van der Waals surface area (Å²) in [5.41, 5.74) is 4.58. The molecule has 204 valence electrons. The van der Waals surface area contributed by atoms with Gasteiger partial charge in [-0.05, 0) is 48.4 Å². The van der Waals surface area contributed by atoms with Gasteiger partial charge in [-0.2, -0.15) is 17.9 Å². The third kappa shape index (κ3) is 5.28. The second-order valence-corrected chi connectivity index (χ2v) is 12.6. The zero-order valence-electron chi connectivity index (χ0n) is 22.2. The first kappa shape index (κ1) is 26.9. The molecule has 6 rings (SSSR count). The predicted molar refractivity (Wildman–Crippen MR) is 168 cm³/mol. The zero-order valence-corrected chi connectivity index (χ0v) is 24.6. The predicted octanol–water partition coefficient (Wildman–Crippen LogP) is 7.15. The van der Waals surface area contributed by atoms with Gasteiger partial charge in [0.25, 0.3) is 15.6 Å². The first-order chi connectivity index (χ1) is 19.8. The number of hydrazone groups is 1. The van der Waals surface area contributed by atoms with Gasteiger partial charge in [0.15, 0.2) is 0 Å². The molecular weight excluding hydrogens is 598 g/mol. The molecule has 41 heavy (non-hydrogen) atoms. The number of benzene rings is 4. The van der Waals surface area contributed by atoms with Gasteiger partial charge >= 0.3 is 0 Å². The molecule has 1 aromatic heterocycles. The quantitative estimate of drug-likeness (QED) is 0.218. The van der Waals surface area contributed by atoms with Gasteiger partial charge < -0.3 is 4.98 Å². The second-order valence-electron chi connectivity index (χ2n) is 9.94. The number of nitrogens with zero attached hydrogens (tertiary/aromatic N) is 2. The number of rotatable bonds is 6. The summed E-state index contributed by atoms with van der Waals surface area (Å²) in [5, 5.41) is 5.51. The van der Waals surface area contributed by atoms with Crippen LogP contribution in [0.3, 0.4) is 0 Å². The van der Waals surface area contributed by atoms with Crippen LogP contribution in [0.25, 0.3) is 28.1 Å². The van der Waals surface area contributed by atoms with E-state index < -0.39 is 16.1 Å². The van der Waals surface area contributed by atoms with E-state index in [0.29, 0.717) is 22.4 Å². The minimum atomic E-state index is -4.01. The fourth-order valence-corrected chi connectivity index (χ4v) is 6.85. The largest absolute Gasteiger partial charge is 0.321 e. The Labute approximate surface area is 246 Å². The number of aromatic nitrogens is 1. The van der Waals surface area contributed by atoms with Crippen molar-refractivity contribution in [2.24, 2.45) is 5.10 Å². The molecule has 1 atom stereocenters. The maximum absolute atomic E-state index is 13.9. The Morgan fingerprint density at radius 2 is 1.59 bits per heavy atom. The van der Waals surface area contributed by atoms with Crippen LogP contribution in [0.5, 0.6) is 0 Å². The molecule has 0 spiro atoms. The molecule has 0 saturated heterocycles. The number of H-pyrrole nitrogens is 1. The number of sulfonamides is 1. The summed E-state index contributed by atoms with van der Waals surface area (Å²) in [4.78, 5) is 16.9. The standard InChI is InChI=1S/C33H26BrN3O3S/c1-22-12-17-27(18-13-22)41(39,40)37-26(16-14-23-8-4-2-5-9-23)21-30(36-37)32-31(24-10-6-3-7-11-24)28-20-25(34)15-19-29(28)35-33(32)38/h2-20,26H,21H2,1H3,(H,35,38)/b16-14+/t26-/m0/s1. The van der Waals surface area contributed by atoms with E-state index >= 15 is 0 Å². The number of pyridine rings is 1. The van der Waals surface area contributed by atoms with Crippen molar-refractivity contribution in [3.8, 4) is 11.1 Å². The van der Waals surface area contributed by atoms with E-state index in [0.717, 1.165) is 31.0 Å².